The molecule has 1 aliphatic rings. The molecule has 0 atom stereocenters. The Kier molecular flexibility index (Phi) is 4.48. The van der Waals surface area contributed by atoms with Gasteiger partial charge in [0.25, 0.3) is 0 Å². The molecule has 25 heavy (non-hydrogen) atoms. The first-order chi connectivity index (χ1) is 12.1. The summed E-state index contributed by atoms with van der Waals surface area (Å²) in [6, 6.07) is 11.4. The molecule has 3 aromatic rings. The molecule has 5 nitrogen and oxygen atoms in total. The maximum Gasteiger partial charge on any atom is 0.188 e. The van der Waals surface area contributed by atoms with Crippen molar-refractivity contribution in [3.8, 4) is 0 Å². The number of rotatable bonds is 4. The minimum atomic E-state index is 0.647. The van der Waals surface area contributed by atoms with E-state index in [-0.39, 0.29) is 0 Å². The fourth-order valence-corrected chi connectivity index (χ4v) is 4.79. The summed E-state index contributed by atoms with van der Waals surface area (Å²) in [5.41, 5.74) is 3.49. The summed E-state index contributed by atoms with van der Waals surface area (Å²) in [6.45, 7) is 5.25. The summed E-state index contributed by atoms with van der Waals surface area (Å²) >= 11 is 1.78. The van der Waals surface area contributed by atoms with Crippen LogP contribution in [0.5, 0.6) is 0 Å². The van der Waals surface area contributed by atoms with E-state index in [1.165, 1.54) is 23.1 Å². The first-order valence-electron chi connectivity index (χ1n) is 8.91. The monoisotopic (exact) mass is 355 g/mol. The van der Waals surface area contributed by atoms with Gasteiger partial charge < -0.3 is 4.90 Å². The van der Waals surface area contributed by atoms with Crippen molar-refractivity contribution in [2.75, 3.05) is 25.0 Å². The van der Waals surface area contributed by atoms with Crippen molar-refractivity contribution in [1.82, 2.24) is 19.7 Å². The first kappa shape index (κ1) is 16.5. The average Bonchev–Trinajstić information content (AvgIpc) is 3.18. The Bertz CT molecular complexity index is 811. The molecule has 2 aromatic heterocycles. The predicted molar refractivity (Wildman–Crippen MR) is 104 cm³/mol. The van der Waals surface area contributed by atoms with Gasteiger partial charge in [0.1, 0.15) is 0 Å². The second-order valence-corrected chi connectivity index (χ2v) is 7.95. The van der Waals surface area contributed by atoms with Gasteiger partial charge in [-0.2, -0.15) is 5.10 Å². The lowest BCUT2D eigenvalue weighted by atomic mass is 10.0. The highest BCUT2D eigenvalue weighted by Crippen LogP contribution is 2.32. The number of hydrogen-bond acceptors (Lipinski definition) is 5. The molecule has 0 saturated carbocycles. The number of thiazole rings is 1. The molecule has 0 amide bonds. The van der Waals surface area contributed by atoms with Crippen LogP contribution in [-0.2, 0) is 13.6 Å². The van der Waals surface area contributed by atoms with E-state index < -0.39 is 0 Å². The number of hydrogen-bond donors (Lipinski definition) is 0. The normalized spacial score (nSPS) is 16.2. The lowest BCUT2D eigenvalue weighted by Crippen LogP contribution is -2.43. The third-order valence-corrected chi connectivity index (χ3v) is 6.38. The lowest BCUT2D eigenvalue weighted by molar-refractivity contribution is 0.200. The van der Waals surface area contributed by atoms with Crippen LogP contribution in [0.1, 0.15) is 24.1 Å². The maximum absolute atomic E-state index is 4.83. The molecule has 1 aromatic carbocycles. The highest BCUT2D eigenvalue weighted by Gasteiger charge is 2.25. The van der Waals surface area contributed by atoms with Crippen LogP contribution in [0.4, 0.5) is 5.13 Å². The zero-order valence-electron chi connectivity index (χ0n) is 15.1. The van der Waals surface area contributed by atoms with Crippen molar-refractivity contribution in [1.29, 1.82) is 0 Å². The summed E-state index contributed by atoms with van der Waals surface area (Å²) in [4.78, 5) is 9.77. The molecule has 0 unspecified atom stereocenters. The summed E-state index contributed by atoms with van der Waals surface area (Å²) in [5, 5.41) is 5.60. The Morgan fingerprint density at radius 3 is 2.60 bits per heavy atom. The number of fused-ring (bicyclic) bond motifs is 1. The predicted octanol–water partition coefficient (Wildman–Crippen LogP) is 3.44. The molecule has 3 heterocycles. The molecule has 132 valence electrons. The Morgan fingerprint density at radius 1 is 1.20 bits per heavy atom. The van der Waals surface area contributed by atoms with Crippen LogP contribution in [-0.4, -0.2) is 45.8 Å². The molecule has 1 fully saturated rings. The Morgan fingerprint density at radius 2 is 1.92 bits per heavy atom. The van der Waals surface area contributed by atoms with Crippen LogP contribution in [0.15, 0.2) is 30.3 Å². The molecule has 0 spiro atoms. The van der Waals surface area contributed by atoms with E-state index in [0.29, 0.717) is 6.04 Å². The largest absolute Gasteiger partial charge is 0.348 e. The highest BCUT2D eigenvalue weighted by atomic mass is 32.1. The van der Waals surface area contributed by atoms with Gasteiger partial charge in [0.05, 0.1) is 10.4 Å². The van der Waals surface area contributed by atoms with E-state index in [0.717, 1.165) is 36.1 Å². The Hall–Kier alpha value is -1.92. The Balaban J connectivity index is 1.39. The third-order valence-electron chi connectivity index (χ3n) is 5.17. The van der Waals surface area contributed by atoms with Gasteiger partial charge in [0.2, 0.25) is 0 Å². The number of anilines is 1. The van der Waals surface area contributed by atoms with Gasteiger partial charge >= 0.3 is 0 Å². The van der Waals surface area contributed by atoms with Crippen LogP contribution >= 0.6 is 11.3 Å². The summed E-state index contributed by atoms with van der Waals surface area (Å²) in [5.74, 6) is 0. The number of benzene rings is 1. The minimum Gasteiger partial charge on any atom is -0.348 e. The Labute approximate surface area is 152 Å². The van der Waals surface area contributed by atoms with Gasteiger partial charge in [-0.05, 0) is 32.4 Å². The van der Waals surface area contributed by atoms with Gasteiger partial charge in [0.15, 0.2) is 10.8 Å². The first-order valence-corrected chi connectivity index (χ1v) is 9.72. The number of aryl methyl sites for hydroxylation is 2. The van der Waals surface area contributed by atoms with E-state index in [9.17, 15) is 0 Å². The second kappa shape index (κ2) is 6.77. The number of piperidine rings is 1. The van der Waals surface area contributed by atoms with Gasteiger partial charge in [-0.15, -0.1) is 0 Å². The summed E-state index contributed by atoms with van der Waals surface area (Å²) in [7, 11) is 4.23. The zero-order chi connectivity index (χ0) is 17.4. The maximum atomic E-state index is 4.83. The van der Waals surface area contributed by atoms with Gasteiger partial charge in [-0.25, -0.2) is 9.67 Å². The van der Waals surface area contributed by atoms with Crippen molar-refractivity contribution < 1.29 is 0 Å². The molecule has 0 N–H and O–H groups in total. The molecule has 1 saturated heterocycles. The van der Waals surface area contributed by atoms with E-state index in [4.69, 9.17) is 4.98 Å². The fourth-order valence-electron chi connectivity index (χ4n) is 3.71. The molecular weight excluding hydrogens is 330 g/mol. The highest BCUT2D eigenvalue weighted by molar-refractivity contribution is 7.22. The quantitative estimate of drug-likeness (QED) is 0.718. The molecule has 0 bridgehead atoms. The van der Waals surface area contributed by atoms with E-state index in [2.05, 4.69) is 59.2 Å². The van der Waals surface area contributed by atoms with E-state index in [1.807, 2.05) is 11.7 Å². The molecule has 1 aliphatic heterocycles. The van der Waals surface area contributed by atoms with Gasteiger partial charge in [0, 0.05) is 32.7 Å². The van der Waals surface area contributed by atoms with Crippen LogP contribution in [0.3, 0.4) is 0 Å². The lowest BCUT2D eigenvalue weighted by Gasteiger charge is -2.36. The number of aromatic nitrogens is 3. The fraction of sp³-hybridized carbons (Fsp3) is 0.474. The molecule has 4 rings (SSSR count). The van der Waals surface area contributed by atoms with Crippen LogP contribution in [0, 0.1) is 6.92 Å². The number of nitrogens with zero attached hydrogens (tertiary/aromatic N) is 5. The SMILES string of the molecule is Cc1nn(C)c2nc(N3CCC(N(C)Cc4ccccc4)CC3)sc12. The molecular formula is C19H25N5S. The standard InChI is InChI=1S/C19H25N5S/c1-14-17-18(23(3)21-14)20-19(25-17)24-11-9-16(10-12-24)22(2)13-15-7-5-4-6-8-15/h4-8,16H,9-13H2,1-3H3. The van der Waals surface area contributed by atoms with Crippen LogP contribution in [0.25, 0.3) is 10.3 Å². The van der Waals surface area contributed by atoms with Crippen molar-refractivity contribution in [3.63, 3.8) is 0 Å². The third kappa shape index (κ3) is 3.28. The van der Waals surface area contributed by atoms with Gasteiger partial charge in [-0.1, -0.05) is 41.7 Å². The molecule has 0 radical (unpaired) electrons. The van der Waals surface area contributed by atoms with Crippen LogP contribution in [0.2, 0.25) is 0 Å². The van der Waals surface area contributed by atoms with Crippen molar-refractivity contribution in [3.05, 3.63) is 41.6 Å². The summed E-state index contributed by atoms with van der Waals surface area (Å²) < 4.78 is 3.12. The molecule has 6 heteroatoms. The second-order valence-electron chi connectivity index (χ2n) is 6.98. The van der Waals surface area contributed by atoms with Crippen molar-refractivity contribution >= 4 is 26.8 Å². The van der Waals surface area contributed by atoms with Gasteiger partial charge in [-0.3, -0.25) is 4.90 Å². The zero-order valence-corrected chi connectivity index (χ0v) is 16.0. The average molecular weight is 356 g/mol. The van der Waals surface area contributed by atoms with E-state index in [1.54, 1.807) is 11.3 Å². The van der Waals surface area contributed by atoms with Crippen LogP contribution < -0.4 is 4.90 Å². The van der Waals surface area contributed by atoms with Crippen molar-refractivity contribution in [2.24, 2.45) is 7.05 Å². The summed E-state index contributed by atoms with van der Waals surface area (Å²) in [6.07, 6.45) is 2.38. The minimum absolute atomic E-state index is 0.647. The van der Waals surface area contributed by atoms with E-state index >= 15 is 0 Å². The smallest absolute Gasteiger partial charge is 0.188 e. The molecule has 0 aliphatic carbocycles. The van der Waals surface area contributed by atoms with Crippen molar-refractivity contribution in [2.45, 2.75) is 32.4 Å². The topological polar surface area (TPSA) is 37.2 Å².